The smallest absolute Gasteiger partial charge is 0.317 e. The van der Waals surface area contributed by atoms with E-state index < -0.39 is 11.9 Å². The monoisotopic (exact) mass is 924 g/mol. The Hall–Kier alpha value is -6.87. The van der Waals surface area contributed by atoms with Gasteiger partial charge in [0.1, 0.15) is 11.1 Å². The molecule has 7 rings (SSSR count). The van der Waals surface area contributed by atoms with E-state index >= 15 is 0 Å². The first-order chi connectivity index (χ1) is 32.1. The van der Waals surface area contributed by atoms with Gasteiger partial charge < -0.3 is 56.1 Å². The summed E-state index contributed by atoms with van der Waals surface area (Å²) in [6, 6.07) is 19.1. The normalized spacial score (nSPS) is 15.8. The molecule has 2 fully saturated rings. The highest BCUT2D eigenvalue weighted by molar-refractivity contribution is 6.33. The molecular formula is C45H53ClN12O8. The minimum atomic E-state index is -0.695. The lowest BCUT2D eigenvalue weighted by atomic mass is 10.0. The van der Waals surface area contributed by atoms with E-state index in [-0.39, 0.29) is 62.1 Å². The van der Waals surface area contributed by atoms with Crippen LogP contribution in [0.4, 0.5) is 39.3 Å². The Morgan fingerprint density at radius 2 is 1.59 bits per heavy atom. The number of anilines is 6. The lowest BCUT2D eigenvalue weighted by Gasteiger charge is -2.36. The quantitative estimate of drug-likeness (QED) is 0.0498. The Morgan fingerprint density at radius 3 is 2.35 bits per heavy atom. The van der Waals surface area contributed by atoms with Gasteiger partial charge in [-0.1, -0.05) is 23.7 Å². The molecule has 3 aliphatic rings. The molecule has 7 amide bonds. The molecule has 1 atom stereocenters. The summed E-state index contributed by atoms with van der Waals surface area (Å²) >= 11 is 6.38. The number of rotatable bonds is 20. The number of benzene rings is 3. The molecule has 1 aromatic heterocycles. The number of hydrogen-bond donors (Lipinski definition) is 7. The van der Waals surface area contributed by atoms with Gasteiger partial charge in [-0.25, -0.2) is 9.78 Å². The molecule has 66 heavy (non-hydrogen) atoms. The van der Waals surface area contributed by atoms with E-state index in [0.29, 0.717) is 110 Å². The van der Waals surface area contributed by atoms with Gasteiger partial charge in [-0.2, -0.15) is 4.98 Å². The number of piperidine rings is 1. The molecule has 0 radical (unpaired) electrons. The van der Waals surface area contributed by atoms with Crippen LogP contribution in [-0.2, 0) is 30.4 Å². The summed E-state index contributed by atoms with van der Waals surface area (Å²) in [4.78, 5) is 88.6. The van der Waals surface area contributed by atoms with Crippen LogP contribution < -0.4 is 42.1 Å². The van der Waals surface area contributed by atoms with Crippen molar-refractivity contribution in [2.75, 3.05) is 100 Å². The molecule has 7 N–H and O–H groups in total. The average Bonchev–Trinajstić information content (AvgIpc) is 3.64. The van der Waals surface area contributed by atoms with E-state index in [4.69, 9.17) is 21.1 Å². The van der Waals surface area contributed by atoms with E-state index in [9.17, 15) is 28.8 Å². The highest BCUT2D eigenvalue weighted by Gasteiger charge is 2.39. The van der Waals surface area contributed by atoms with Crippen LogP contribution in [-0.4, -0.2) is 141 Å². The van der Waals surface area contributed by atoms with Crippen LogP contribution in [0.25, 0.3) is 0 Å². The fraction of sp³-hybridized carbons (Fsp3) is 0.378. The number of carbonyl (C=O) groups is 6. The zero-order valence-electron chi connectivity index (χ0n) is 36.5. The van der Waals surface area contributed by atoms with E-state index in [1.807, 2.05) is 30.3 Å². The Balaban J connectivity index is 0.703. The van der Waals surface area contributed by atoms with Gasteiger partial charge in [-0.15, -0.1) is 0 Å². The Kier molecular flexibility index (Phi) is 16.3. The van der Waals surface area contributed by atoms with Crippen LogP contribution >= 0.6 is 11.6 Å². The van der Waals surface area contributed by atoms with Crippen LogP contribution in [0.5, 0.6) is 0 Å². The summed E-state index contributed by atoms with van der Waals surface area (Å²) in [6.45, 7) is 5.80. The van der Waals surface area contributed by atoms with Gasteiger partial charge in [0.25, 0.3) is 11.8 Å². The van der Waals surface area contributed by atoms with Crippen molar-refractivity contribution in [3.05, 3.63) is 94.6 Å². The van der Waals surface area contributed by atoms with Gasteiger partial charge in [0.05, 0.1) is 50.3 Å². The summed E-state index contributed by atoms with van der Waals surface area (Å²) < 4.78 is 11.2. The summed E-state index contributed by atoms with van der Waals surface area (Å²) in [6.07, 6.45) is 2.11. The van der Waals surface area contributed by atoms with Gasteiger partial charge in [0.2, 0.25) is 23.7 Å². The molecule has 0 spiro atoms. The highest BCUT2D eigenvalue weighted by Crippen LogP contribution is 2.30. The average molecular weight is 925 g/mol. The van der Waals surface area contributed by atoms with Crippen molar-refractivity contribution in [1.82, 2.24) is 41.0 Å². The van der Waals surface area contributed by atoms with E-state index in [1.165, 1.54) is 11.1 Å². The number of halogens is 1. The standard InChI is InChI=1S/C45H53ClN12O8/c1-47-41(61)34-4-2-3-5-36(34)53-40-35(46)27-50-44(55-40)52-30-6-9-32(10-7-30)56-18-20-57(21-19-56)45(64)49-17-25-66-24-16-48-15-23-65-22-14-39(60)51-31-8-11-33-29(26-31)28-58(43(33)63)37-12-13-38(59)54-42(37)62/h2-11,26-27,37,48H,12-25,28H2,1H3,(H,47,61)(H,49,64)(H,51,60)(H,54,59,62)(H2,50,52,53,55). The van der Waals surface area contributed by atoms with Crippen LogP contribution in [0, 0.1) is 0 Å². The molecule has 2 saturated heterocycles. The van der Waals surface area contributed by atoms with Crippen LogP contribution in [0.1, 0.15) is 45.5 Å². The van der Waals surface area contributed by atoms with Crippen molar-refractivity contribution in [3.8, 4) is 0 Å². The van der Waals surface area contributed by atoms with Crippen molar-refractivity contribution in [3.63, 3.8) is 0 Å². The van der Waals surface area contributed by atoms with Crippen LogP contribution in [0.3, 0.4) is 0 Å². The van der Waals surface area contributed by atoms with E-state index in [1.54, 1.807) is 48.3 Å². The van der Waals surface area contributed by atoms with Crippen molar-refractivity contribution in [1.29, 1.82) is 0 Å². The third-order valence-corrected chi connectivity index (χ3v) is 11.4. The zero-order chi connectivity index (χ0) is 46.4. The minimum Gasteiger partial charge on any atom is -0.380 e. The molecule has 0 aliphatic carbocycles. The number of nitrogens with one attached hydrogen (secondary N) is 7. The predicted octanol–water partition coefficient (Wildman–Crippen LogP) is 3.22. The van der Waals surface area contributed by atoms with Crippen molar-refractivity contribution in [2.45, 2.75) is 31.8 Å². The number of carbonyl (C=O) groups excluding carboxylic acids is 6. The largest absolute Gasteiger partial charge is 0.380 e. The Morgan fingerprint density at radius 1 is 0.864 bits per heavy atom. The first-order valence-electron chi connectivity index (χ1n) is 21.8. The molecule has 20 nitrogen and oxygen atoms in total. The number of nitrogens with zero attached hydrogens (tertiary/aromatic N) is 5. The number of piperazine rings is 1. The fourth-order valence-electron chi connectivity index (χ4n) is 7.62. The van der Waals surface area contributed by atoms with Crippen LogP contribution in [0.15, 0.2) is 72.9 Å². The number of urea groups is 1. The summed E-state index contributed by atoms with van der Waals surface area (Å²) in [5, 5.41) is 20.5. The lowest BCUT2D eigenvalue weighted by molar-refractivity contribution is -0.137. The molecule has 3 aromatic carbocycles. The molecule has 21 heteroatoms. The second kappa shape index (κ2) is 22.8. The predicted molar refractivity (Wildman–Crippen MR) is 247 cm³/mol. The molecule has 348 valence electrons. The fourth-order valence-corrected chi connectivity index (χ4v) is 7.76. The van der Waals surface area contributed by atoms with Crippen molar-refractivity contribution in [2.24, 2.45) is 0 Å². The molecule has 1 unspecified atom stereocenters. The second-order valence-electron chi connectivity index (χ2n) is 15.6. The maximum absolute atomic E-state index is 12.9. The van der Waals surface area contributed by atoms with Crippen LogP contribution in [0.2, 0.25) is 5.02 Å². The number of imide groups is 1. The minimum absolute atomic E-state index is 0.127. The summed E-state index contributed by atoms with van der Waals surface area (Å²) in [5.74, 6) is -0.861. The molecule has 4 heterocycles. The number of fused-ring (bicyclic) bond motifs is 1. The highest BCUT2D eigenvalue weighted by atomic mass is 35.5. The first-order valence-corrected chi connectivity index (χ1v) is 22.1. The second-order valence-corrected chi connectivity index (χ2v) is 16.0. The number of ether oxygens (including phenoxy) is 2. The Bertz CT molecular complexity index is 2400. The third kappa shape index (κ3) is 12.5. The van der Waals surface area contributed by atoms with Gasteiger partial charge in [0, 0.05) is 88.5 Å². The molecule has 4 aromatic rings. The van der Waals surface area contributed by atoms with Gasteiger partial charge in [0.15, 0.2) is 5.82 Å². The first kappa shape index (κ1) is 47.1. The maximum Gasteiger partial charge on any atom is 0.317 e. The summed E-state index contributed by atoms with van der Waals surface area (Å²) in [5.41, 5.74) is 4.55. The number of aromatic nitrogens is 2. The van der Waals surface area contributed by atoms with Gasteiger partial charge in [-0.3, -0.25) is 29.3 Å². The van der Waals surface area contributed by atoms with E-state index in [2.05, 4.69) is 52.1 Å². The molecule has 0 saturated carbocycles. The topological polar surface area (TPSA) is 241 Å². The number of amides is 7. The molecule has 3 aliphatic heterocycles. The number of para-hydroxylation sites is 1. The van der Waals surface area contributed by atoms with Crippen molar-refractivity contribution >= 4 is 81.7 Å². The van der Waals surface area contributed by atoms with E-state index in [0.717, 1.165) is 11.4 Å². The maximum atomic E-state index is 12.9. The third-order valence-electron chi connectivity index (χ3n) is 11.1. The van der Waals surface area contributed by atoms with Gasteiger partial charge >= 0.3 is 6.03 Å². The molecular weight excluding hydrogens is 872 g/mol. The zero-order valence-corrected chi connectivity index (χ0v) is 37.2. The van der Waals surface area contributed by atoms with Gasteiger partial charge in [-0.05, 0) is 66.6 Å². The SMILES string of the molecule is CNC(=O)c1ccccc1Nc1nc(Nc2ccc(N3CCN(C(=O)NCCOCCNCCOCCC(=O)Nc4ccc5c(c4)CN(C4CCC(=O)NC4=O)C5=O)CC3)cc2)ncc1Cl. The molecule has 0 bridgehead atoms. The summed E-state index contributed by atoms with van der Waals surface area (Å²) in [7, 11) is 1.57. The number of hydrogen-bond acceptors (Lipinski definition) is 14. The lowest BCUT2D eigenvalue weighted by Crippen LogP contribution is -2.52. The Labute approximate surface area is 386 Å². The van der Waals surface area contributed by atoms with Crippen molar-refractivity contribution < 1.29 is 38.2 Å².